The Morgan fingerprint density at radius 1 is 1.82 bits per heavy atom. The van der Waals surface area contributed by atoms with Gasteiger partial charge in [-0.3, -0.25) is 0 Å². The van der Waals surface area contributed by atoms with Crippen LogP contribution in [0.5, 0.6) is 0 Å². The van der Waals surface area contributed by atoms with Gasteiger partial charge < -0.3 is 4.57 Å². The maximum atomic E-state index is 5.71. The molecule has 1 heterocycles. The molecule has 0 saturated carbocycles. The van der Waals surface area contributed by atoms with E-state index in [1.807, 2.05) is 17.7 Å². The number of nitrogens with zero attached hydrogens (tertiary/aromatic N) is 2. The number of hydrogen-bond acceptors (Lipinski definition) is 1. The van der Waals surface area contributed by atoms with Crippen molar-refractivity contribution in [2.75, 3.05) is 0 Å². The number of aryl methyl sites for hydroxylation is 1. The number of aromatic nitrogens is 2. The maximum absolute atomic E-state index is 5.71. The molecule has 1 aromatic rings. The van der Waals surface area contributed by atoms with Crippen LogP contribution >= 0.6 is 23.2 Å². The van der Waals surface area contributed by atoms with E-state index in [-0.39, 0.29) is 0 Å². The van der Waals surface area contributed by atoms with Crippen LogP contribution in [-0.2, 0) is 6.54 Å². The number of imidazole rings is 1. The fourth-order valence-electron chi connectivity index (χ4n) is 0.768. The molecule has 0 spiro atoms. The number of rotatable bonds is 2. The van der Waals surface area contributed by atoms with Crippen LogP contribution in [0.3, 0.4) is 0 Å². The second kappa shape index (κ2) is 3.79. The molecule has 4 heteroatoms. The summed E-state index contributed by atoms with van der Waals surface area (Å²) in [5, 5.41) is 0.604. The minimum atomic E-state index is 0.594. The zero-order valence-electron chi connectivity index (χ0n) is 6.09. The van der Waals surface area contributed by atoms with Crippen molar-refractivity contribution in [3.8, 4) is 0 Å². The van der Waals surface area contributed by atoms with Crippen molar-refractivity contribution < 1.29 is 0 Å². The molecule has 0 saturated heterocycles. The van der Waals surface area contributed by atoms with Crippen molar-refractivity contribution in [1.82, 2.24) is 9.55 Å². The van der Waals surface area contributed by atoms with Crippen LogP contribution in [0.1, 0.15) is 5.82 Å². The fraction of sp³-hybridized carbons (Fsp3) is 0.286. The molecule has 1 aromatic heterocycles. The summed E-state index contributed by atoms with van der Waals surface area (Å²) in [5.41, 5.74) is 1.36. The molecule has 0 aliphatic heterocycles. The summed E-state index contributed by atoms with van der Waals surface area (Å²) in [6, 6.07) is 0. The molecule has 0 N–H and O–H groups in total. The average molecular weight is 191 g/mol. The molecule has 60 valence electrons. The minimum absolute atomic E-state index is 0.594. The first kappa shape index (κ1) is 8.62. The molecule has 0 radical (unpaired) electrons. The summed E-state index contributed by atoms with van der Waals surface area (Å²) in [5.74, 6) is 0.932. The van der Waals surface area contributed by atoms with Gasteiger partial charge in [-0.1, -0.05) is 23.2 Å². The smallest absolute Gasteiger partial charge is 0.105 e. The van der Waals surface area contributed by atoms with Gasteiger partial charge in [0.05, 0.1) is 6.54 Å². The third kappa shape index (κ3) is 2.24. The van der Waals surface area contributed by atoms with Crippen molar-refractivity contribution in [3.63, 3.8) is 0 Å². The number of hydrogen-bond donors (Lipinski definition) is 0. The fourth-order valence-corrected chi connectivity index (χ4v) is 0.966. The first-order chi connectivity index (χ1) is 5.24. The highest BCUT2D eigenvalue weighted by Gasteiger charge is 1.97. The highest BCUT2D eigenvalue weighted by Crippen LogP contribution is 2.08. The Bertz CT molecular complexity index is 265. The van der Waals surface area contributed by atoms with Crippen LogP contribution in [0, 0.1) is 6.92 Å². The van der Waals surface area contributed by atoms with Crippen LogP contribution in [0.25, 0.3) is 0 Å². The predicted octanol–water partition coefficient (Wildman–Crippen LogP) is 2.51. The average Bonchev–Trinajstić information content (AvgIpc) is 2.37. The molecule has 0 aromatic carbocycles. The lowest BCUT2D eigenvalue weighted by molar-refractivity contribution is 0.772. The lowest BCUT2D eigenvalue weighted by Crippen LogP contribution is -1.98. The van der Waals surface area contributed by atoms with Crippen molar-refractivity contribution in [2.45, 2.75) is 13.5 Å². The second-order valence-electron chi connectivity index (χ2n) is 2.16. The summed E-state index contributed by atoms with van der Waals surface area (Å²) in [6.07, 6.45) is 3.59. The molecule has 0 unspecified atom stereocenters. The summed E-state index contributed by atoms with van der Waals surface area (Å²) in [7, 11) is 0. The van der Waals surface area contributed by atoms with E-state index in [9.17, 15) is 0 Å². The van der Waals surface area contributed by atoms with Crippen LogP contribution in [-0.4, -0.2) is 9.55 Å². The molecule has 2 nitrogen and oxygen atoms in total. The van der Waals surface area contributed by atoms with Crippen LogP contribution in [0.2, 0.25) is 0 Å². The van der Waals surface area contributed by atoms with E-state index in [1.54, 1.807) is 6.20 Å². The zero-order valence-corrected chi connectivity index (χ0v) is 7.60. The van der Waals surface area contributed by atoms with E-state index in [0.717, 1.165) is 5.82 Å². The van der Waals surface area contributed by atoms with E-state index in [0.29, 0.717) is 11.6 Å². The zero-order chi connectivity index (χ0) is 8.27. The molecule has 11 heavy (non-hydrogen) atoms. The van der Waals surface area contributed by atoms with Crippen molar-refractivity contribution in [3.05, 3.63) is 28.8 Å². The highest BCUT2D eigenvalue weighted by atomic mass is 35.5. The Balaban J connectivity index is 2.72. The van der Waals surface area contributed by atoms with Crippen molar-refractivity contribution >= 4 is 23.2 Å². The van der Waals surface area contributed by atoms with Gasteiger partial charge in [0.15, 0.2) is 0 Å². The second-order valence-corrected chi connectivity index (χ2v) is 2.86. The lowest BCUT2D eigenvalue weighted by atomic mass is 10.5. The van der Waals surface area contributed by atoms with Crippen LogP contribution in [0.15, 0.2) is 23.0 Å². The van der Waals surface area contributed by atoms with Gasteiger partial charge in [-0.05, 0) is 6.92 Å². The van der Waals surface area contributed by atoms with Crippen LogP contribution < -0.4 is 0 Å². The normalized spacial score (nSPS) is 12.1. The maximum Gasteiger partial charge on any atom is 0.105 e. The van der Waals surface area contributed by atoms with Gasteiger partial charge in [0, 0.05) is 23.0 Å². The minimum Gasteiger partial charge on any atom is -0.330 e. The van der Waals surface area contributed by atoms with Gasteiger partial charge in [0.25, 0.3) is 0 Å². The molecule has 0 aliphatic rings. The molecule has 1 rings (SSSR count). The summed E-state index contributed by atoms with van der Waals surface area (Å²) in [4.78, 5) is 4.04. The number of halogens is 2. The number of allylic oxidation sites excluding steroid dienone is 1. The predicted molar refractivity (Wildman–Crippen MR) is 46.8 cm³/mol. The van der Waals surface area contributed by atoms with Crippen molar-refractivity contribution in [2.24, 2.45) is 0 Å². The van der Waals surface area contributed by atoms with E-state index < -0.39 is 0 Å². The van der Waals surface area contributed by atoms with Gasteiger partial charge in [-0.25, -0.2) is 4.98 Å². The quantitative estimate of drug-likeness (QED) is 0.702. The molecule has 0 bridgehead atoms. The van der Waals surface area contributed by atoms with Crippen LogP contribution in [0.4, 0.5) is 0 Å². The Morgan fingerprint density at radius 2 is 2.55 bits per heavy atom. The van der Waals surface area contributed by atoms with Gasteiger partial charge in [0.1, 0.15) is 5.82 Å². The Kier molecular flexibility index (Phi) is 2.97. The molecule has 0 fully saturated rings. The molecule has 0 aliphatic carbocycles. The monoisotopic (exact) mass is 190 g/mol. The molecule has 0 amide bonds. The Labute approximate surface area is 75.4 Å². The van der Waals surface area contributed by atoms with Gasteiger partial charge in [0.2, 0.25) is 0 Å². The largest absolute Gasteiger partial charge is 0.330 e. The van der Waals surface area contributed by atoms with Gasteiger partial charge in [-0.2, -0.15) is 0 Å². The van der Waals surface area contributed by atoms with Gasteiger partial charge in [-0.15, -0.1) is 0 Å². The Hall–Kier alpha value is -0.470. The molecular weight excluding hydrogens is 183 g/mol. The van der Waals surface area contributed by atoms with Gasteiger partial charge >= 0.3 is 0 Å². The third-order valence-corrected chi connectivity index (χ3v) is 1.97. The third-order valence-electron chi connectivity index (χ3n) is 1.36. The summed E-state index contributed by atoms with van der Waals surface area (Å²) < 4.78 is 1.92. The standard InChI is InChI=1S/C7H8Cl2N2/c1-6-10-2-3-11(6)5-7(9)4-8/h2-4H,5H2,1H3/b7-4-. The van der Waals surface area contributed by atoms with E-state index >= 15 is 0 Å². The summed E-state index contributed by atoms with van der Waals surface area (Å²) in [6.45, 7) is 2.51. The van der Waals surface area contributed by atoms with E-state index in [2.05, 4.69) is 4.98 Å². The first-order valence-electron chi connectivity index (χ1n) is 3.16. The summed E-state index contributed by atoms with van der Waals surface area (Å²) >= 11 is 11.1. The van der Waals surface area contributed by atoms with Crippen molar-refractivity contribution in [1.29, 1.82) is 0 Å². The van der Waals surface area contributed by atoms with E-state index in [1.165, 1.54) is 5.54 Å². The topological polar surface area (TPSA) is 17.8 Å². The Morgan fingerprint density at radius 3 is 3.00 bits per heavy atom. The SMILES string of the molecule is Cc1nccn1C/C(Cl)=C/Cl. The first-order valence-corrected chi connectivity index (χ1v) is 3.98. The molecular formula is C7H8Cl2N2. The lowest BCUT2D eigenvalue weighted by Gasteiger charge is -2.01. The van der Waals surface area contributed by atoms with E-state index in [4.69, 9.17) is 23.2 Å². The highest BCUT2D eigenvalue weighted by molar-refractivity contribution is 6.36. The molecule has 0 atom stereocenters.